The molecular formula is C16H20P2. The van der Waals surface area contributed by atoms with Gasteiger partial charge in [-0.1, -0.05) is 84.7 Å². The third-order valence-electron chi connectivity index (χ3n) is 2.96. The van der Waals surface area contributed by atoms with Gasteiger partial charge in [0.25, 0.3) is 0 Å². The van der Waals surface area contributed by atoms with E-state index in [1.807, 2.05) is 0 Å². The maximum absolute atomic E-state index is 2.32. The van der Waals surface area contributed by atoms with Crippen LogP contribution < -0.4 is 10.6 Å². The van der Waals surface area contributed by atoms with Crippen LogP contribution in [0, 0.1) is 0 Å². The first-order valence-corrected chi connectivity index (χ1v) is 8.77. The van der Waals surface area contributed by atoms with Crippen molar-refractivity contribution in [1.29, 1.82) is 0 Å². The maximum atomic E-state index is 2.32. The third-order valence-corrected chi connectivity index (χ3v) is 6.50. The highest BCUT2D eigenvalue weighted by Crippen LogP contribution is 2.27. The van der Waals surface area contributed by atoms with Gasteiger partial charge in [-0.05, 0) is 28.9 Å². The molecule has 2 aromatic rings. The second-order valence-electron chi connectivity index (χ2n) is 4.36. The first-order valence-electron chi connectivity index (χ1n) is 6.49. The van der Waals surface area contributed by atoms with Gasteiger partial charge in [-0.15, -0.1) is 0 Å². The quantitative estimate of drug-likeness (QED) is 0.703. The smallest absolute Gasteiger partial charge is 0.0159 e. The molecule has 3 unspecified atom stereocenters. The van der Waals surface area contributed by atoms with Crippen LogP contribution in [0.3, 0.4) is 0 Å². The molecule has 0 aliphatic rings. The van der Waals surface area contributed by atoms with Crippen LogP contribution in [-0.4, -0.2) is 11.8 Å². The summed E-state index contributed by atoms with van der Waals surface area (Å²) in [6.07, 6.45) is 2.61. The largest absolute Gasteiger partial charge is 0.0898 e. The molecule has 3 atom stereocenters. The van der Waals surface area contributed by atoms with E-state index in [0.29, 0.717) is 0 Å². The predicted molar refractivity (Wildman–Crippen MR) is 87.7 cm³/mol. The Hall–Kier alpha value is -0.700. The lowest BCUT2D eigenvalue weighted by molar-refractivity contribution is 0.913. The second-order valence-corrected chi connectivity index (χ2v) is 7.38. The van der Waals surface area contributed by atoms with Crippen molar-refractivity contribution in [3.05, 3.63) is 60.7 Å². The van der Waals surface area contributed by atoms with Crippen LogP contribution in [0.2, 0.25) is 0 Å². The summed E-state index contributed by atoms with van der Waals surface area (Å²) in [7, 11) is 1.90. The van der Waals surface area contributed by atoms with Gasteiger partial charge < -0.3 is 0 Å². The van der Waals surface area contributed by atoms with Crippen molar-refractivity contribution in [1.82, 2.24) is 0 Å². The Bertz CT molecular complexity index is 439. The van der Waals surface area contributed by atoms with Crippen molar-refractivity contribution in [2.24, 2.45) is 0 Å². The van der Waals surface area contributed by atoms with E-state index in [1.54, 1.807) is 0 Å². The summed E-state index contributed by atoms with van der Waals surface area (Å²) < 4.78 is 0. The highest BCUT2D eigenvalue weighted by atomic mass is 31.1. The van der Waals surface area contributed by atoms with Gasteiger partial charge in [-0.3, -0.25) is 0 Å². The molecule has 0 radical (unpaired) electrons. The molecule has 2 aromatic carbocycles. The van der Waals surface area contributed by atoms with E-state index < -0.39 is 0 Å². The number of rotatable bonds is 6. The van der Waals surface area contributed by atoms with Crippen LogP contribution in [0.1, 0.15) is 13.3 Å². The molecule has 94 valence electrons. The van der Waals surface area contributed by atoms with Gasteiger partial charge in [0.05, 0.1) is 0 Å². The van der Waals surface area contributed by atoms with E-state index in [4.69, 9.17) is 0 Å². The summed E-state index contributed by atoms with van der Waals surface area (Å²) in [5.74, 6) is 0. The van der Waals surface area contributed by atoms with Crippen molar-refractivity contribution >= 4 is 27.8 Å². The van der Waals surface area contributed by atoms with Crippen molar-refractivity contribution < 1.29 is 0 Å². The number of benzene rings is 2. The summed E-state index contributed by atoms with van der Waals surface area (Å²) in [6, 6.07) is 21.8. The monoisotopic (exact) mass is 274 g/mol. The highest BCUT2D eigenvalue weighted by molar-refractivity contribution is 7.52. The van der Waals surface area contributed by atoms with E-state index in [-0.39, 0.29) is 0 Å². The van der Waals surface area contributed by atoms with Gasteiger partial charge in [0.1, 0.15) is 0 Å². The number of hydrogen-bond donors (Lipinski definition) is 0. The second kappa shape index (κ2) is 7.67. The molecule has 0 spiro atoms. The minimum Gasteiger partial charge on any atom is -0.0898 e. The Morgan fingerprint density at radius 3 is 1.94 bits per heavy atom. The first kappa shape index (κ1) is 13.7. The fourth-order valence-corrected chi connectivity index (χ4v) is 4.84. The zero-order valence-electron chi connectivity index (χ0n) is 10.8. The molecule has 0 fully saturated rings. The molecule has 0 saturated carbocycles. The molecule has 18 heavy (non-hydrogen) atoms. The molecule has 0 nitrogen and oxygen atoms in total. The highest BCUT2D eigenvalue weighted by Gasteiger charge is 2.07. The van der Waals surface area contributed by atoms with Gasteiger partial charge in [-0.25, -0.2) is 0 Å². The van der Waals surface area contributed by atoms with Crippen LogP contribution in [0.4, 0.5) is 0 Å². The van der Waals surface area contributed by atoms with E-state index in [2.05, 4.69) is 67.6 Å². The van der Waals surface area contributed by atoms with Crippen LogP contribution in [0.15, 0.2) is 60.7 Å². The molecule has 0 heterocycles. The molecule has 2 heteroatoms. The van der Waals surface area contributed by atoms with E-state index >= 15 is 0 Å². The zero-order valence-corrected chi connectivity index (χ0v) is 12.8. The molecule has 0 saturated heterocycles. The molecular weight excluding hydrogens is 254 g/mol. The molecule has 0 aromatic heterocycles. The molecule has 0 N–H and O–H groups in total. The van der Waals surface area contributed by atoms with Crippen LogP contribution in [-0.2, 0) is 0 Å². The Labute approximate surface area is 114 Å². The Morgan fingerprint density at radius 2 is 1.39 bits per heavy atom. The lowest BCUT2D eigenvalue weighted by atomic mass is 10.4. The summed E-state index contributed by atoms with van der Waals surface area (Å²) in [5, 5.41) is 3.00. The van der Waals surface area contributed by atoms with Gasteiger partial charge >= 0.3 is 0 Å². The summed E-state index contributed by atoms with van der Waals surface area (Å²) in [6.45, 7) is 2.32. The number of hydrogen-bond acceptors (Lipinski definition) is 0. The molecule has 0 aliphatic carbocycles. The van der Waals surface area contributed by atoms with Crippen LogP contribution in [0.5, 0.6) is 0 Å². The molecule has 0 amide bonds. The first-order chi connectivity index (χ1) is 8.88. The average molecular weight is 274 g/mol. The van der Waals surface area contributed by atoms with Crippen LogP contribution in [0.25, 0.3) is 0 Å². The fourth-order valence-electron chi connectivity index (χ4n) is 1.86. The van der Waals surface area contributed by atoms with Gasteiger partial charge in [0.2, 0.25) is 0 Å². The van der Waals surface area contributed by atoms with E-state index in [9.17, 15) is 0 Å². The SMILES string of the molecule is CCC(CPc1ccccc1)Pc1ccccc1. The Morgan fingerprint density at radius 1 is 0.833 bits per heavy atom. The van der Waals surface area contributed by atoms with Crippen molar-refractivity contribution in [3.63, 3.8) is 0 Å². The summed E-state index contributed by atoms with van der Waals surface area (Å²) in [5.41, 5.74) is 0.839. The molecule has 0 bridgehead atoms. The summed E-state index contributed by atoms with van der Waals surface area (Å²) >= 11 is 0. The predicted octanol–water partition coefficient (Wildman–Crippen LogP) is 3.77. The summed E-state index contributed by atoms with van der Waals surface area (Å²) in [4.78, 5) is 0. The minimum atomic E-state index is 0.839. The average Bonchev–Trinajstić information content (AvgIpc) is 2.45. The topological polar surface area (TPSA) is 0 Å². The Kier molecular flexibility index (Phi) is 5.85. The standard InChI is InChI=1S/C16H20P2/c1-2-14(18-16-11-7-4-8-12-16)13-17-15-9-5-3-6-10-15/h3-12,14,17-18H,2,13H2,1H3. The van der Waals surface area contributed by atoms with Gasteiger partial charge in [0, 0.05) is 0 Å². The Balaban J connectivity index is 1.86. The zero-order chi connectivity index (χ0) is 12.6. The van der Waals surface area contributed by atoms with E-state index in [1.165, 1.54) is 23.2 Å². The van der Waals surface area contributed by atoms with Crippen molar-refractivity contribution in [3.8, 4) is 0 Å². The third kappa shape index (κ3) is 4.52. The maximum Gasteiger partial charge on any atom is -0.0159 e. The fraction of sp³-hybridized carbons (Fsp3) is 0.250. The molecule has 2 rings (SSSR count). The minimum absolute atomic E-state index is 0.839. The molecule has 0 aliphatic heterocycles. The van der Waals surface area contributed by atoms with Crippen molar-refractivity contribution in [2.45, 2.75) is 19.0 Å². The van der Waals surface area contributed by atoms with Crippen LogP contribution >= 0.6 is 17.2 Å². The van der Waals surface area contributed by atoms with E-state index in [0.717, 1.165) is 22.8 Å². The lowest BCUT2D eigenvalue weighted by Crippen LogP contribution is -2.09. The lowest BCUT2D eigenvalue weighted by Gasteiger charge is -2.15. The van der Waals surface area contributed by atoms with Gasteiger partial charge in [-0.2, -0.15) is 0 Å². The van der Waals surface area contributed by atoms with Gasteiger partial charge in [0.15, 0.2) is 0 Å². The normalized spacial score (nSPS) is 13.6. The van der Waals surface area contributed by atoms with Crippen molar-refractivity contribution in [2.75, 3.05) is 6.16 Å².